The van der Waals surface area contributed by atoms with E-state index in [9.17, 15) is 4.21 Å². The molecule has 5 nitrogen and oxygen atoms in total. The maximum Gasteiger partial charge on any atom is 0.191 e. The van der Waals surface area contributed by atoms with Crippen LogP contribution in [0.25, 0.3) is 0 Å². The zero-order chi connectivity index (χ0) is 20.5. The molecule has 0 spiro atoms. The van der Waals surface area contributed by atoms with Crippen molar-refractivity contribution in [2.75, 3.05) is 25.4 Å². The fraction of sp³-hybridized carbons (Fsp3) is 0.696. The van der Waals surface area contributed by atoms with Crippen LogP contribution in [0.3, 0.4) is 0 Å². The third-order valence-corrected chi connectivity index (χ3v) is 7.77. The first-order valence-corrected chi connectivity index (χ1v) is 12.7. The summed E-state index contributed by atoms with van der Waals surface area (Å²) < 4.78 is 18.4. The summed E-state index contributed by atoms with van der Waals surface area (Å²) in [5.41, 5.74) is 1.25. The van der Waals surface area contributed by atoms with Gasteiger partial charge in [-0.2, -0.15) is 0 Å². The predicted molar refractivity (Wildman–Crippen MR) is 137 cm³/mol. The van der Waals surface area contributed by atoms with E-state index in [0.717, 1.165) is 69.9 Å². The summed E-state index contributed by atoms with van der Waals surface area (Å²) in [7, 11) is -0.703. The molecule has 7 heteroatoms. The van der Waals surface area contributed by atoms with Crippen molar-refractivity contribution in [3.8, 4) is 0 Å². The van der Waals surface area contributed by atoms with E-state index in [1.807, 2.05) is 6.92 Å². The first kappa shape index (κ1) is 25.6. The SMILES string of the molecule is CCNC(=NCC1CCCOC1c1ccccc1)NC1CCCC(S(=O)CC)C1.I. The molecule has 1 saturated heterocycles. The van der Waals surface area contributed by atoms with Crippen LogP contribution >= 0.6 is 24.0 Å². The Bertz CT molecular complexity index is 674. The number of hydrogen-bond donors (Lipinski definition) is 2. The first-order valence-electron chi connectivity index (χ1n) is 11.3. The zero-order valence-electron chi connectivity index (χ0n) is 18.3. The molecule has 1 saturated carbocycles. The second kappa shape index (κ2) is 13.7. The Labute approximate surface area is 201 Å². The van der Waals surface area contributed by atoms with Crippen molar-refractivity contribution < 1.29 is 8.95 Å². The summed E-state index contributed by atoms with van der Waals surface area (Å²) in [5, 5.41) is 7.35. The lowest BCUT2D eigenvalue weighted by atomic mass is 9.89. The molecule has 2 fully saturated rings. The topological polar surface area (TPSA) is 62.7 Å². The minimum absolute atomic E-state index is 0. The Morgan fingerprint density at radius 3 is 2.70 bits per heavy atom. The van der Waals surface area contributed by atoms with Gasteiger partial charge in [0.15, 0.2) is 5.96 Å². The van der Waals surface area contributed by atoms with Gasteiger partial charge in [-0.25, -0.2) is 0 Å². The van der Waals surface area contributed by atoms with E-state index in [-0.39, 0.29) is 30.1 Å². The maximum absolute atomic E-state index is 12.3. The van der Waals surface area contributed by atoms with Crippen molar-refractivity contribution in [3.63, 3.8) is 0 Å². The number of nitrogens with one attached hydrogen (secondary N) is 2. The van der Waals surface area contributed by atoms with Crippen LogP contribution in [-0.4, -0.2) is 46.9 Å². The highest BCUT2D eigenvalue weighted by Gasteiger charge is 2.28. The number of benzene rings is 1. The van der Waals surface area contributed by atoms with E-state index in [0.29, 0.717) is 17.2 Å². The number of hydrogen-bond acceptors (Lipinski definition) is 3. The molecule has 1 aromatic rings. The molecule has 5 unspecified atom stereocenters. The van der Waals surface area contributed by atoms with Crippen LogP contribution in [0.5, 0.6) is 0 Å². The first-order chi connectivity index (χ1) is 14.2. The standard InChI is InChI=1S/C23H37N3O2S.HI/c1-3-24-23(26-20-13-8-14-21(16-20)29(27)4-2)25-17-19-12-9-15-28-22(19)18-10-6-5-7-11-18;/h5-7,10-11,19-22H,3-4,8-9,12-17H2,1-2H3,(H2,24,25,26);1H. The number of rotatable bonds is 7. The molecule has 0 aromatic heterocycles. The third-order valence-electron chi connectivity index (χ3n) is 6.02. The number of guanidine groups is 1. The van der Waals surface area contributed by atoms with E-state index >= 15 is 0 Å². The van der Waals surface area contributed by atoms with Gasteiger partial charge in [0.2, 0.25) is 0 Å². The van der Waals surface area contributed by atoms with Gasteiger partial charge in [0, 0.05) is 53.5 Å². The van der Waals surface area contributed by atoms with E-state index in [1.54, 1.807) is 0 Å². The van der Waals surface area contributed by atoms with Gasteiger partial charge in [0.1, 0.15) is 0 Å². The van der Waals surface area contributed by atoms with Crippen LogP contribution in [0, 0.1) is 5.92 Å². The van der Waals surface area contributed by atoms with Crippen LogP contribution in [0.4, 0.5) is 0 Å². The number of nitrogens with zero attached hydrogens (tertiary/aromatic N) is 1. The minimum Gasteiger partial charge on any atom is -0.373 e. The predicted octanol–water partition coefficient (Wildman–Crippen LogP) is 4.41. The summed E-state index contributed by atoms with van der Waals surface area (Å²) in [5.74, 6) is 2.04. The summed E-state index contributed by atoms with van der Waals surface area (Å²) in [6, 6.07) is 10.9. The average molecular weight is 548 g/mol. The van der Waals surface area contributed by atoms with Gasteiger partial charge >= 0.3 is 0 Å². The van der Waals surface area contributed by atoms with Gasteiger partial charge in [0.25, 0.3) is 0 Å². The Hall–Kier alpha value is -0.670. The van der Waals surface area contributed by atoms with Crippen LogP contribution < -0.4 is 10.6 Å². The monoisotopic (exact) mass is 547 g/mol. The van der Waals surface area contributed by atoms with Gasteiger partial charge in [-0.05, 0) is 44.6 Å². The fourth-order valence-corrected chi connectivity index (χ4v) is 5.86. The van der Waals surface area contributed by atoms with Crippen molar-refractivity contribution in [2.45, 2.75) is 69.8 Å². The normalized spacial score (nSPS) is 28.3. The van der Waals surface area contributed by atoms with Crippen LogP contribution in [0.2, 0.25) is 0 Å². The van der Waals surface area contributed by atoms with Gasteiger partial charge in [-0.1, -0.05) is 43.7 Å². The zero-order valence-corrected chi connectivity index (χ0v) is 21.5. The highest BCUT2D eigenvalue weighted by Crippen LogP contribution is 2.33. The van der Waals surface area contributed by atoms with Crippen molar-refractivity contribution >= 4 is 40.7 Å². The fourth-order valence-electron chi connectivity index (χ4n) is 4.51. The Balaban J connectivity index is 0.00000320. The molecule has 3 rings (SSSR count). The Morgan fingerprint density at radius 2 is 1.97 bits per heavy atom. The second-order valence-electron chi connectivity index (χ2n) is 8.12. The molecule has 1 aromatic carbocycles. The van der Waals surface area contributed by atoms with Gasteiger partial charge in [-0.15, -0.1) is 24.0 Å². The van der Waals surface area contributed by atoms with Gasteiger partial charge in [0.05, 0.1) is 6.10 Å². The molecule has 2 aliphatic rings. The largest absolute Gasteiger partial charge is 0.373 e. The smallest absolute Gasteiger partial charge is 0.191 e. The van der Waals surface area contributed by atoms with Crippen LogP contribution in [0.1, 0.15) is 64.0 Å². The molecule has 0 amide bonds. The molecule has 0 bridgehead atoms. The van der Waals surface area contributed by atoms with Crippen LogP contribution in [-0.2, 0) is 15.5 Å². The van der Waals surface area contributed by atoms with Crippen molar-refractivity contribution in [3.05, 3.63) is 35.9 Å². The van der Waals surface area contributed by atoms with E-state index in [1.165, 1.54) is 5.56 Å². The molecule has 30 heavy (non-hydrogen) atoms. The van der Waals surface area contributed by atoms with E-state index in [2.05, 4.69) is 47.9 Å². The lowest BCUT2D eigenvalue weighted by Crippen LogP contribution is -2.47. The molecule has 0 radical (unpaired) electrons. The highest BCUT2D eigenvalue weighted by atomic mass is 127. The maximum atomic E-state index is 12.3. The minimum atomic E-state index is -0.703. The van der Waals surface area contributed by atoms with Gasteiger partial charge < -0.3 is 15.4 Å². The van der Waals surface area contributed by atoms with Gasteiger partial charge in [-0.3, -0.25) is 9.20 Å². The molecule has 5 atom stereocenters. The number of ether oxygens (including phenoxy) is 1. The Kier molecular flexibility index (Phi) is 11.7. The Morgan fingerprint density at radius 1 is 1.17 bits per heavy atom. The molecule has 170 valence electrons. The quantitative estimate of drug-likeness (QED) is 0.302. The molecule has 1 aliphatic heterocycles. The average Bonchev–Trinajstić information content (AvgIpc) is 2.78. The second-order valence-corrected chi connectivity index (χ2v) is 10.1. The lowest BCUT2D eigenvalue weighted by Gasteiger charge is -2.32. The molecular weight excluding hydrogens is 509 g/mol. The molecular formula is C23H38IN3O2S. The summed E-state index contributed by atoms with van der Waals surface area (Å²) in [6.07, 6.45) is 6.70. The molecule has 2 N–H and O–H groups in total. The third kappa shape index (κ3) is 7.48. The molecule has 1 aliphatic carbocycles. The summed E-state index contributed by atoms with van der Waals surface area (Å²) in [4.78, 5) is 4.94. The van der Waals surface area contributed by atoms with E-state index in [4.69, 9.17) is 9.73 Å². The molecule has 1 heterocycles. The highest BCUT2D eigenvalue weighted by molar-refractivity contribution is 14.0. The summed E-state index contributed by atoms with van der Waals surface area (Å²) in [6.45, 7) is 6.55. The van der Waals surface area contributed by atoms with Crippen molar-refractivity contribution in [1.82, 2.24) is 10.6 Å². The van der Waals surface area contributed by atoms with E-state index < -0.39 is 10.8 Å². The summed E-state index contributed by atoms with van der Waals surface area (Å²) >= 11 is 0. The number of aliphatic imine (C=N–C) groups is 1. The van der Waals surface area contributed by atoms with Crippen molar-refractivity contribution in [2.24, 2.45) is 10.9 Å². The van der Waals surface area contributed by atoms with Crippen LogP contribution in [0.15, 0.2) is 35.3 Å². The number of halogens is 1. The van der Waals surface area contributed by atoms with Crippen molar-refractivity contribution in [1.29, 1.82) is 0 Å². The lowest BCUT2D eigenvalue weighted by molar-refractivity contribution is -0.0250.